The van der Waals surface area contributed by atoms with E-state index in [9.17, 15) is 9.59 Å². The predicted octanol–water partition coefficient (Wildman–Crippen LogP) is 2.98. The lowest BCUT2D eigenvalue weighted by molar-refractivity contribution is 0.0949. The SMILES string of the molecule is CCNC(=O)c1ccc(NC(=S)NC(=O)c2ccccc2OCCOCC)cc1. The third-order valence-electron chi connectivity index (χ3n) is 3.79. The number of thiocarbonyl (C=S) groups is 1. The number of carbonyl (C=O) groups excluding carboxylic acids is 2. The molecule has 0 heterocycles. The molecule has 0 unspecified atom stereocenters. The lowest BCUT2D eigenvalue weighted by Gasteiger charge is -2.13. The van der Waals surface area contributed by atoms with Crippen molar-refractivity contribution >= 4 is 34.8 Å². The van der Waals surface area contributed by atoms with Crippen molar-refractivity contribution in [2.24, 2.45) is 0 Å². The predicted molar refractivity (Wildman–Crippen MR) is 117 cm³/mol. The van der Waals surface area contributed by atoms with Crippen molar-refractivity contribution in [1.82, 2.24) is 10.6 Å². The van der Waals surface area contributed by atoms with Gasteiger partial charge >= 0.3 is 0 Å². The standard InChI is InChI=1S/C21H25N3O4S/c1-3-22-19(25)15-9-11-16(12-10-15)23-21(29)24-20(26)17-7-5-6-8-18(17)28-14-13-27-4-2/h5-12H,3-4,13-14H2,1-2H3,(H,22,25)(H2,23,24,26,29). The first kappa shape index (κ1) is 22.3. The maximum absolute atomic E-state index is 12.6. The van der Waals surface area contributed by atoms with Gasteiger partial charge in [-0.3, -0.25) is 14.9 Å². The smallest absolute Gasteiger partial charge is 0.261 e. The summed E-state index contributed by atoms with van der Waals surface area (Å²) in [5, 5.41) is 8.44. The molecular formula is C21H25N3O4S. The summed E-state index contributed by atoms with van der Waals surface area (Å²) in [6, 6.07) is 13.7. The van der Waals surface area contributed by atoms with Gasteiger partial charge in [-0.15, -0.1) is 0 Å². The van der Waals surface area contributed by atoms with Crippen LogP contribution in [0.25, 0.3) is 0 Å². The Morgan fingerprint density at radius 2 is 1.69 bits per heavy atom. The van der Waals surface area contributed by atoms with Crippen molar-refractivity contribution in [3.63, 3.8) is 0 Å². The second-order valence-corrected chi connectivity index (χ2v) is 6.29. The van der Waals surface area contributed by atoms with Crippen molar-refractivity contribution in [3.05, 3.63) is 59.7 Å². The lowest BCUT2D eigenvalue weighted by atomic mass is 10.2. The number of anilines is 1. The van der Waals surface area contributed by atoms with E-state index in [0.29, 0.717) is 48.9 Å². The molecule has 0 aliphatic heterocycles. The highest BCUT2D eigenvalue weighted by Gasteiger charge is 2.14. The number of amides is 2. The highest BCUT2D eigenvalue weighted by atomic mass is 32.1. The normalized spacial score (nSPS) is 10.1. The lowest BCUT2D eigenvalue weighted by Crippen LogP contribution is -2.34. The minimum atomic E-state index is -0.381. The van der Waals surface area contributed by atoms with Crippen molar-refractivity contribution in [2.75, 3.05) is 31.7 Å². The Morgan fingerprint density at radius 1 is 0.966 bits per heavy atom. The summed E-state index contributed by atoms with van der Waals surface area (Å²) in [5.74, 6) is -0.0666. The number of hydrogen-bond acceptors (Lipinski definition) is 5. The van der Waals surface area contributed by atoms with E-state index in [2.05, 4.69) is 16.0 Å². The van der Waals surface area contributed by atoms with Gasteiger partial charge in [0.2, 0.25) is 0 Å². The van der Waals surface area contributed by atoms with E-state index in [0.717, 1.165) is 0 Å². The van der Waals surface area contributed by atoms with E-state index in [1.807, 2.05) is 13.8 Å². The highest BCUT2D eigenvalue weighted by Crippen LogP contribution is 2.18. The van der Waals surface area contributed by atoms with Gasteiger partial charge < -0.3 is 20.1 Å². The Bertz CT molecular complexity index is 840. The fraction of sp³-hybridized carbons (Fsp3) is 0.286. The van der Waals surface area contributed by atoms with Crippen molar-refractivity contribution in [3.8, 4) is 5.75 Å². The summed E-state index contributed by atoms with van der Waals surface area (Å²) in [7, 11) is 0. The van der Waals surface area contributed by atoms with Crippen LogP contribution >= 0.6 is 12.2 Å². The van der Waals surface area contributed by atoms with Crippen molar-refractivity contribution in [2.45, 2.75) is 13.8 Å². The molecule has 0 aliphatic rings. The Kier molecular flexibility index (Phi) is 9.07. The fourth-order valence-corrected chi connectivity index (χ4v) is 2.65. The zero-order valence-corrected chi connectivity index (χ0v) is 17.3. The van der Waals surface area contributed by atoms with E-state index in [1.54, 1.807) is 48.5 Å². The second kappa shape index (κ2) is 11.8. The summed E-state index contributed by atoms with van der Waals surface area (Å²) < 4.78 is 10.9. The third-order valence-corrected chi connectivity index (χ3v) is 3.99. The molecule has 2 rings (SSSR count). The average molecular weight is 416 g/mol. The molecule has 0 radical (unpaired) electrons. The van der Waals surface area contributed by atoms with E-state index < -0.39 is 0 Å². The van der Waals surface area contributed by atoms with Crippen LogP contribution in [-0.2, 0) is 4.74 Å². The van der Waals surface area contributed by atoms with Crippen LogP contribution in [0.1, 0.15) is 34.6 Å². The molecule has 0 aromatic heterocycles. The van der Waals surface area contributed by atoms with Crippen LogP contribution in [0.2, 0.25) is 0 Å². The molecule has 0 atom stereocenters. The Morgan fingerprint density at radius 3 is 2.38 bits per heavy atom. The number of benzene rings is 2. The maximum Gasteiger partial charge on any atom is 0.261 e. The van der Waals surface area contributed by atoms with E-state index in [1.165, 1.54) is 0 Å². The van der Waals surface area contributed by atoms with E-state index >= 15 is 0 Å². The third kappa shape index (κ3) is 7.17. The summed E-state index contributed by atoms with van der Waals surface area (Å²) in [6.45, 7) is 5.72. The van der Waals surface area contributed by atoms with Gasteiger partial charge in [-0.2, -0.15) is 0 Å². The quantitative estimate of drug-likeness (QED) is 0.431. The molecule has 2 amide bonds. The molecule has 8 heteroatoms. The zero-order valence-electron chi connectivity index (χ0n) is 16.5. The van der Waals surface area contributed by atoms with Gasteiger partial charge in [-0.1, -0.05) is 12.1 Å². The van der Waals surface area contributed by atoms with E-state index in [-0.39, 0.29) is 16.9 Å². The second-order valence-electron chi connectivity index (χ2n) is 5.89. The molecule has 7 nitrogen and oxygen atoms in total. The minimum Gasteiger partial charge on any atom is -0.490 e. The molecule has 3 N–H and O–H groups in total. The van der Waals surface area contributed by atoms with Gasteiger partial charge in [-0.25, -0.2) is 0 Å². The van der Waals surface area contributed by atoms with Crippen LogP contribution in [0.15, 0.2) is 48.5 Å². The molecule has 0 spiro atoms. The van der Waals surface area contributed by atoms with Crippen molar-refractivity contribution < 1.29 is 19.1 Å². The monoisotopic (exact) mass is 415 g/mol. The number of nitrogens with one attached hydrogen (secondary N) is 3. The number of para-hydroxylation sites is 1. The molecule has 2 aromatic rings. The number of ether oxygens (including phenoxy) is 2. The molecule has 29 heavy (non-hydrogen) atoms. The van der Waals surface area contributed by atoms with Gasteiger partial charge in [0, 0.05) is 24.4 Å². The molecule has 0 fully saturated rings. The summed E-state index contributed by atoms with van der Waals surface area (Å²) in [4.78, 5) is 24.4. The maximum atomic E-state index is 12.6. The Labute approximate surface area is 175 Å². The molecule has 0 saturated heterocycles. The van der Waals surface area contributed by atoms with Gasteiger partial charge in [0.1, 0.15) is 12.4 Å². The zero-order chi connectivity index (χ0) is 21.1. The fourth-order valence-electron chi connectivity index (χ4n) is 2.44. The molecule has 0 bridgehead atoms. The first-order valence-corrected chi connectivity index (χ1v) is 9.76. The largest absolute Gasteiger partial charge is 0.490 e. The molecular weight excluding hydrogens is 390 g/mol. The molecule has 0 saturated carbocycles. The molecule has 154 valence electrons. The van der Waals surface area contributed by atoms with Crippen LogP contribution in [-0.4, -0.2) is 43.3 Å². The summed E-state index contributed by atoms with van der Waals surface area (Å²) in [5.41, 5.74) is 1.58. The van der Waals surface area contributed by atoms with Gasteiger partial charge in [-0.05, 0) is 62.5 Å². The highest BCUT2D eigenvalue weighted by molar-refractivity contribution is 7.80. The van der Waals surface area contributed by atoms with Crippen LogP contribution in [0.3, 0.4) is 0 Å². The minimum absolute atomic E-state index is 0.143. The van der Waals surface area contributed by atoms with Gasteiger partial charge in [0.05, 0.1) is 12.2 Å². The van der Waals surface area contributed by atoms with Crippen LogP contribution in [0.5, 0.6) is 5.75 Å². The van der Waals surface area contributed by atoms with Gasteiger partial charge in [0.15, 0.2) is 5.11 Å². The first-order valence-electron chi connectivity index (χ1n) is 9.35. The number of hydrogen-bond donors (Lipinski definition) is 3. The Balaban J connectivity index is 1.94. The van der Waals surface area contributed by atoms with E-state index in [4.69, 9.17) is 21.7 Å². The van der Waals surface area contributed by atoms with Crippen LogP contribution < -0.4 is 20.7 Å². The number of rotatable bonds is 9. The molecule has 2 aromatic carbocycles. The molecule has 0 aliphatic carbocycles. The summed E-state index contributed by atoms with van der Waals surface area (Å²) >= 11 is 5.22. The first-order chi connectivity index (χ1) is 14.0. The topological polar surface area (TPSA) is 88.7 Å². The average Bonchev–Trinajstić information content (AvgIpc) is 2.72. The Hall–Kier alpha value is -2.97. The van der Waals surface area contributed by atoms with Gasteiger partial charge in [0.25, 0.3) is 11.8 Å². The van der Waals surface area contributed by atoms with Crippen molar-refractivity contribution in [1.29, 1.82) is 0 Å². The van der Waals surface area contributed by atoms with Crippen LogP contribution in [0, 0.1) is 0 Å². The summed E-state index contributed by atoms with van der Waals surface area (Å²) in [6.07, 6.45) is 0. The van der Waals surface area contributed by atoms with Crippen LogP contribution in [0.4, 0.5) is 5.69 Å². The number of carbonyl (C=O) groups is 2.